The van der Waals surface area contributed by atoms with Crippen LogP contribution < -0.4 is 5.32 Å². The topological polar surface area (TPSA) is 38.3 Å². The molecule has 0 radical (unpaired) electrons. The van der Waals surface area contributed by atoms with Crippen molar-refractivity contribution in [1.29, 1.82) is 0 Å². The third kappa shape index (κ3) is 8.93. The number of hydrogen-bond donors (Lipinski definition) is 1. The molecule has 0 heterocycles. The fourth-order valence-corrected chi connectivity index (χ4v) is 1.59. The zero-order valence-corrected chi connectivity index (χ0v) is 11.6. The Balaban J connectivity index is 3.48. The summed E-state index contributed by atoms with van der Waals surface area (Å²) in [4.78, 5) is 11.1. The van der Waals surface area contributed by atoms with E-state index in [2.05, 4.69) is 25.7 Å². The van der Waals surface area contributed by atoms with Gasteiger partial charge in [0.15, 0.2) is 0 Å². The highest BCUT2D eigenvalue weighted by Crippen LogP contribution is 2.10. The molecule has 17 heavy (non-hydrogen) atoms. The van der Waals surface area contributed by atoms with Gasteiger partial charge in [0, 0.05) is 12.1 Å². The van der Waals surface area contributed by atoms with Crippen LogP contribution in [-0.4, -0.2) is 25.7 Å². The predicted molar refractivity (Wildman–Crippen MR) is 71.9 cm³/mol. The molecule has 1 atom stereocenters. The van der Waals surface area contributed by atoms with Gasteiger partial charge >= 0.3 is 5.97 Å². The number of esters is 1. The molecule has 0 aliphatic carbocycles. The standard InChI is InChI=1S/C14H27NO2/c1-5-7-8-13(6-2)11-15-9-10-17-14(16)12(3)4/h13,15H,3,5-11H2,1-2,4H3. The molecule has 0 aromatic carbocycles. The van der Waals surface area contributed by atoms with Gasteiger partial charge in [-0.25, -0.2) is 4.79 Å². The molecule has 100 valence electrons. The maximum atomic E-state index is 11.1. The van der Waals surface area contributed by atoms with E-state index in [1.807, 2.05) is 0 Å². The SMILES string of the molecule is C=C(C)C(=O)OCCNCC(CC)CCCC. The van der Waals surface area contributed by atoms with Gasteiger partial charge in [0.05, 0.1) is 0 Å². The summed E-state index contributed by atoms with van der Waals surface area (Å²) in [5.74, 6) is 0.441. The van der Waals surface area contributed by atoms with Gasteiger partial charge in [-0.05, 0) is 25.8 Å². The summed E-state index contributed by atoms with van der Waals surface area (Å²) < 4.78 is 5.00. The summed E-state index contributed by atoms with van der Waals surface area (Å²) in [7, 11) is 0. The van der Waals surface area contributed by atoms with E-state index < -0.39 is 0 Å². The van der Waals surface area contributed by atoms with Gasteiger partial charge in [-0.2, -0.15) is 0 Å². The number of ether oxygens (including phenoxy) is 1. The van der Waals surface area contributed by atoms with Crippen molar-refractivity contribution in [3.8, 4) is 0 Å². The van der Waals surface area contributed by atoms with Crippen LogP contribution in [-0.2, 0) is 9.53 Å². The minimum Gasteiger partial charge on any atom is -0.461 e. The Labute approximate surface area is 106 Å². The fourth-order valence-electron chi connectivity index (χ4n) is 1.59. The van der Waals surface area contributed by atoms with E-state index in [0.717, 1.165) is 19.0 Å². The van der Waals surface area contributed by atoms with Gasteiger partial charge in [0.25, 0.3) is 0 Å². The first-order valence-electron chi connectivity index (χ1n) is 6.65. The molecule has 0 bridgehead atoms. The summed E-state index contributed by atoms with van der Waals surface area (Å²) in [5.41, 5.74) is 0.458. The first-order chi connectivity index (χ1) is 8.11. The second-order valence-electron chi connectivity index (χ2n) is 4.54. The molecule has 0 saturated heterocycles. The monoisotopic (exact) mass is 241 g/mol. The predicted octanol–water partition coefficient (Wildman–Crippen LogP) is 2.91. The Hall–Kier alpha value is -0.830. The Bertz CT molecular complexity index is 226. The summed E-state index contributed by atoms with van der Waals surface area (Å²) in [6.45, 7) is 11.8. The maximum absolute atomic E-state index is 11.1. The van der Waals surface area contributed by atoms with Gasteiger partial charge in [-0.1, -0.05) is 39.7 Å². The highest BCUT2D eigenvalue weighted by Gasteiger charge is 2.05. The van der Waals surface area contributed by atoms with E-state index in [4.69, 9.17) is 4.74 Å². The fraction of sp³-hybridized carbons (Fsp3) is 0.786. The summed E-state index contributed by atoms with van der Waals surface area (Å²) >= 11 is 0. The lowest BCUT2D eigenvalue weighted by Gasteiger charge is -2.15. The molecule has 0 aromatic rings. The zero-order valence-electron chi connectivity index (χ0n) is 11.6. The lowest BCUT2D eigenvalue weighted by atomic mass is 9.99. The van der Waals surface area contributed by atoms with Crippen molar-refractivity contribution in [3.63, 3.8) is 0 Å². The van der Waals surface area contributed by atoms with Gasteiger partial charge < -0.3 is 10.1 Å². The van der Waals surface area contributed by atoms with Crippen LogP contribution in [0.2, 0.25) is 0 Å². The first kappa shape index (κ1) is 16.2. The third-order valence-electron chi connectivity index (χ3n) is 2.84. The summed E-state index contributed by atoms with van der Waals surface area (Å²) in [6.07, 6.45) is 5.04. The molecule has 0 fully saturated rings. The molecule has 0 aliphatic rings. The molecule has 0 spiro atoms. The van der Waals surface area contributed by atoms with Gasteiger partial charge in [-0.3, -0.25) is 0 Å². The van der Waals surface area contributed by atoms with Crippen LogP contribution in [0.5, 0.6) is 0 Å². The van der Waals surface area contributed by atoms with E-state index in [0.29, 0.717) is 12.2 Å². The van der Waals surface area contributed by atoms with Gasteiger partial charge in [-0.15, -0.1) is 0 Å². The van der Waals surface area contributed by atoms with Crippen LogP contribution >= 0.6 is 0 Å². The molecule has 0 aromatic heterocycles. The Kier molecular flexibility index (Phi) is 9.83. The molecule has 0 saturated carbocycles. The molecular formula is C14H27NO2. The summed E-state index contributed by atoms with van der Waals surface area (Å²) in [5, 5.41) is 3.33. The van der Waals surface area contributed by atoms with Crippen molar-refractivity contribution in [2.24, 2.45) is 5.92 Å². The third-order valence-corrected chi connectivity index (χ3v) is 2.84. The number of carbonyl (C=O) groups excluding carboxylic acids is 1. The van der Waals surface area contributed by atoms with Gasteiger partial charge in [0.2, 0.25) is 0 Å². The molecule has 0 amide bonds. The molecule has 0 rings (SSSR count). The number of nitrogens with one attached hydrogen (secondary N) is 1. The van der Waals surface area contributed by atoms with Crippen molar-refractivity contribution in [2.75, 3.05) is 19.7 Å². The molecule has 0 aliphatic heterocycles. The van der Waals surface area contributed by atoms with Crippen LogP contribution in [0.1, 0.15) is 46.5 Å². The number of rotatable bonds is 10. The first-order valence-corrected chi connectivity index (χ1v) is 6.65. The van der Waals surface area contributed by atoms with Crippen LogP contribution in [0, 0.1) is 5.92 Å². The van der Waals surface area contributed by atoms with Crippen molar-refractivity contribution >= 4 is 5.97 Å². The van der Waals surface area contributed by atoms with Crippen molar-refractivity contribution < 1.29 is 9.53 Å². The van der Waals surface area contributed by atoms with Gasteiger partial charge in [0.1, 0.15) is 6.61 Å². The molecular weight excluding hydrogens is 214 g/mol. The van der Waals surface area contributed by atoms with Crippen molar-refractivity contribution in [1.82, 2.24) is 5.32 Å². The minimum atomic E-state index is -0.301. The molecule has 3 heteroatoms. The second-order valence-corrected chi connectivity index (χ2v) is 4.54. The van der Waals surface area contributed by atoms with E-state index in [1.165, 1.54) is 25.7 Å². The van der Waals surface area contributed by atoms with E-state index in [-0.39, 0.29) is 5.97 Å². The summed E-state index contributed by atoms with van der Waals surface area (Å²) in [6, 6.07) is 0. The Morgan fingerprint density at radius 3 is 2.65 bits per heavy atom. The Morgan fingerprint density at radius 2 is 2.12 bits per heavy atom. The average molecular weight is 241 g/mol. The number of hydrogen-bond acceptors (Lipinski definition) is 3. The normalized spacial score (nSPS) is 12.2. The van der Waals surface area contributed by atoms with Crippen molar-refractivity contribution in [2.45, 2.75) is 46.5 Å². The molecule has 3 nitrogen and oxygen atoms in total. The highest BCUT2D eigenvalue weighted by molar-refractivity contribution is 5.86. The Morgan fingerprint density at radius 1 is 1.41 bits per heavy atom. The van der Waals surface area contributed by atoms with E-state index in [1.54, 1.807) is 6.92 Å². The van der Waals surface area contributed by atoms with Crippen molar-refractivity contribution in [3.05, 3.63) is 12.2 Å². The largest absolute Gasteiger partial charge is 0.461 e. The smallest absolute Gasteiger partial charge is 0.333 e. The maximum Gasteiger partial charge on any atom is 0.333 e. The van der Waals surface area contributed by atoms with Crippen LogP contribution in [0.4, 0.5) is 0 Å². The van der Waals surface area contributed by atoms with E-state index in [9.17, 15) is 4.79 Å². The van der Waals surface area contributed by atoms with E-state index >= 15 is 0 Å². The minimum absolute atomic E-state index is 0.301. The van der Waals surface area contributed by atoms with Crippen LogP contribution in [0.3, 0.4) is 0 Å². The zero-order chi connectivity index (χ0) is 13.1. The average Bonchev–Trinajstić information content (AvgIpc) is 2.32. The number of carbonyl (C=O) groups is 1. The quantitative estimate of drug-likeness (QED) is 0.363. The van der Waals surface area contributed by atoms with Crippen LogP contribution in [0.25, 0.3) is 0 Å². The highest BCUT2D eigenvalue weighted by atomic mass is 16.5. The van der Waals surface area contributed by atoms with Crippen LogP contribution in [0.15, 0.2) is 12.2 Å². The number of unbranched alkanes of at least 4 members (excludes halogenated alkanes) is 1. The molecule has 1 unspecified atom stereocenters. The molecule has 1 N–H and O–H groups in total. The lowest BCUT2D eigenvalue weighted by Crippen LogP contribution is -2.27. The lowest BCUT2D eigenvalue weighted by molar-refractivity contribution is -0.138. The second kappa shape index (κ2) is 10.3.